The molecular weight excluding hydrogens is 426 g/mol. The van der Waals surface area contributed by atoms with Gasteiger partial charge < -0.3 is 9.80 Å². The highest BCUT2D eigenvalue weighted by molar-refractivity contribution is 6.30. The third-order valence-electron chi connectivity index (χ3n) is 6.20. The van der Waals surface area contributed by atoms with E-state index >= 15 is 0 Å². The van der Waals surface area contributed by atoms with Gasteiger partial charge in [0.25, 0.3) is 5.56 Å². The summed E-state index contributed by atoms with van der Waals surface area (Å²) >= 11 is 6.00. The van der Waals surface area contributed by atoms with Gasteiger partial charge in [-0.15, -0.1) is 0 Å². The van der Waals surface area contributed by atoms with E-state index in [9.17, 15) is 9.59 Å². The molecule has 1 fully saturated rings. The molecule has 1 amide bonds. The summed E-state index contributed by atoms with van der Waals surface area (Å²) in [6.45, 7) is 6.61. The molecule has 0 radical (unpaired) electrons. The first-order chi connectivity index (χ1) is 15.4. The van der Waals surface area contributed by atoms with E-state index in [1.54, 1.807) is 0 Å². The third-order valence-corrected chi connectivity index (χ3v) is 6.45. The van der Waals surface area contributed by atoms with Gasteiger partial charge in [-0.2, -0.15) is 4.98 Å². The van der Waals surface area contributed by atoms with Crippen molar-refractivity contribution < 1.29 is 4.79 Å². The van der Waals surface area contributed by atoms with Gasteiger partial charge >= 0.3 is 0 Å². The first-order valence-electron chi connectivity index (χ1n) is 10.7. The number of halogens is 1. The normalized spacial score (nSPS) is 15.5. The number of fused-ring (bicyclic) bond motifs is 3. The van der Waals surface area contributed by atoms with Crippen molar-refractivity contribution in [2.75, 3.05) is 31.1 Å². The largest absolute Gasteiger partial charge is 0.368 e. The minimum atomic E-state index is -0.442. The van der Waals surface area contributed by atoms with E-state index in [2.05, 4.69) is 9.88 Å². The predicted octanol–water partition coefficient (Wildman–Crippen LogP) is 3.52. The van der Waals surface area contributed by atoms with Crippen LogP contribution in [-0.2, 0) is 4.79 Å². The van der Waals surface area contributed by atoms with Gasteiger partial charge in [-0.05, 0) is 50.2 Å². The van der Waals surface area contributed by atoms with E-state index in [4.69, 9.17) is 11.6 Å². The molecule has 8 heteroatoms. The average molecular weight is 450 g/mol. The standard InChI is InChI=1S/C24H24ClN5O2/c1-16-15-22(31)26-23-20-5-3-4-6-21(20)30(29(16)23)17(2)24(32)28-13-11-27(12-14-28)19-9-7-18(25)8-10-19/h3-10,15,17H,11-14H2,1-2H3/t17-/m0/s1. The Morgan fingerprint density at radius 2 is 1.72 bits per heavy atom. The van der Waals surface area contributed by atoms with Gasteiger partial charge in [0.2, 0.25) is 5.91 Å². The Labute approximate surface area is 190 Å². The number of para-hydroxylation sites is 1. The molecule has 1 aliphatic rings. The summed E-state index contributed by atoms with van der Waals surface area (Å²) in [6, 6.07) is 16.6. The van der Waals surface area contributed by atoms with Gasteiger partial charge in [0.1, 0.15) is 6.04 Å². The van der Waals surface area contributed by atoms with E-state index in [1.165, 1.54) is 6.07 Å². The fourth-order valence-corrected chi connectivity index (χ4v) is 4.72. The number of amides is 1. The Hall–Kier alpha value is -3.32. The van der Waals surface area contributed by atoms with Gasteiger partial charge in [-0.25, -0.2) is 4.52 Å². The molecular formula is C24H24ClN5O2. The zero-order chi connectivity index (χ0) is 22.4. The molecule has 0 bridgehead atoms. The van der Waals surface area contributed by atoms with Crippen molar-refractivity contribution in [1.29, 1.82) is 0 Å². The minimum Gasteiger partial charge on any atom is -0.368 e. The van der Waals surface area contributed by atoms with Crippen molar-refractivity contribution in [2.45, 2.75) is 19.9 Å². The second-order valence-corrected chi connectivity index (χ2v) is 8.63. The first-order valence-corrected chi connectivity index (χ1v) is 11.1. The highest BCUT2D eigenvalue weighted by Crippen LogP contribution is 2.26. The summed E-state index contributed by atoms with van der Waals surface area (Å²) < 4.78 is 3.85. The molecule has 164 valence electrons. The summed E-state index contributed by atoms with van der Waals surface area (Å²) in [5.74, 6) is 0.0570. The number of carbonyl (C=O) groups is 1. The van der Waals surface area contributed by atoms with Crippen molar-refractivity contribution in [3.63, 3.8) is 0 Å². The maximum Gasteiger partial charge on any atom is 0.273 e. The number of rotatable bonds is 3. The minimum absolute atomic E-state index is 0.0570. The van der Waals surface area contributed by atoms with Gasteiger partial charge in [0, 0.05) is 54.0 Å². The highest BCUT2D eigenvalue weighted by atomic mass is 35.5. The Balaban J connectivity index is 1.44. The Kier molecular flexibility index (Phi) is 5.13. The molecule has 32 heavy (non-hydrogen) atoms. The molecule has 7 nitrogen and oxygen atoms in total. The second-order valence-electron chi connectivity index (χ2n) is 8.20. The molecule has 0 unspecified atom stereocenters. The Bertz CT molecular complexity index is 1370. The maximum atomic E-state index is 13.5. The van der Waals surface area contributed by atoms with Crippen LogP contribution in [0.2, 0.25) is 5.02 Å². The molecule has 2 aromatic carbocycles. The number of benzene rings is 2. The number of piperazine rings is 1. The van der Waals surface area contributed by atoms with E-state index in [1.807, 2.05) is 76.5 Å². The molecule has 0 aliphatic carbocycles. The molecule has 4 aromatic rings. The number of hydrogen-bond donors (Lipinski definition) is 0. The van der Waals surface area contributed by atoms with E-state index in [-0.39, 0.29) is 11.5 Å². The zero-order valence-corrected chi connectivity index (χ0v) is 18.8. The topological polar surface area (TPSA) is 62.9 Å². The van der Waals surface area contributed by atoms with Crippen molar-refractivity contribution >= 4 is 39.7 Å². The maximum absolute atomic E-state index is 13.5. The second kappa shape index (κ2) is 7.98. The fraction of sp³-hybridized carbons (Fsp3) is 0.292. The van der Waals surface area contributed by atoms with Gasteiger partial charge in [-0.1, -0.05) is 23.7 Å². The third kappa shape index (κ3) is 3.42. The van der Waals surface area contributed by atoms with Crippen LogP contribution in [0.1, 0.15) is 18.7 Å². The van der Waals surface area contributed by atoms with Crippen molar-refractivity contribution in [2.24, 2.45) is 0 Å². The van der Waals surface area contributed by atoms with Gasteiger partial charge in [0.15, 0.2) is 5.65 Å². The van der Waals surface area contributed by atoms with Crippen molar-refractivity contribution in [1.82, 2.24) is 19.1 Å². The number of hydrogen-bond acceptors (Lipinski definition) is 4. The van der Waals surface area contributed by atoms with E-state index in [0.717, 1.165) is 35.4 Å². The highest BCUT2D eigenvalue weighted by Gasteiger charge is 2.28. The van der Waals surface area contributed by atoms with Crippen LogP contribution in [0.15, 0.2) is 59.4 Å². The number of carbonyl (C=O) groups excluding carboxylic acids is 1. The van der Waals surface area contributed by atoms with Crippen LogP contribution in [0, 0.1) is 6.92 Å². The van der Waals surface area contributed by atoms with Gasteiger partial charge in [0.05, 0.1) is 5.52 Å². The summed E-state index contributed by atoms with van der Waals surface area (Å²) in [5.41, 5.74) is 3.06. The summed E-state index contributed by atoms with van der Waals surface area (Å²) in [4.78, 5) is 34.0. The van der Waals surface area contributed by atoms with Crippen LogP contribution in [0.4, 0.5) is 5.69 Å². The summed E-state index contributed by atoms with van der Waals surface area (Å²) in [7, 11) is 0. The van der Waals surface area contributed by atoms with Crippen LogP contribution < -0.4 is 10.5 Å². The number of nitrogens with zero attached hydrogens (tertiary/aromatic N) is 5. The molecule has 1 aliphatic heterocycles. The number of anilines is 1. The fourth-order valence-electron chi connectivity index (χ4n) is 4.60. The zero-order valence-electron chi connectivity index (χ0n) is 18.0. The quantitative estimate of drug-likeness (QED) is 0.480. The average Bonchev–Trinajstić information content (AvgIpc) is 3.13. The summed E-state index contributed by atoms with van der Waals surface area (Å²) in [6.07, 6.45) is 0. The predicted molar refractivity (Wildman–Crippen MR) is 127 cm³/mol. The lowest BCUT2D eigenvalue weighted by molar-refractivity contribution is -0.134. The van der Waals surface area contributed by atoms with Crippen LogP contribution in [0.25, 0.3) is 16.6 Å². The molecule has 3 heterocycles. The van der Waals surface area contributed by atoms with Gasteiger partial charge in [-0.3, -0.25) is 14.3 Å². The molecule has 5 rings (SSSR count). The lowest BCUT2D eigenvalue weighted by Gasteiger charge is -2.37. The van der Waals surface area contributed by atoms with Crippen molar-refractivity contribution in [3.05, 3.63) is 75.7 Å². The molecule has 2 aromatic heterocycles. The smallest absolute Gasteiger partial charge is 0.273 e. The lowest BCUT2D eigenvalue weighted by Crippen LogP contribution is -2.50. The van der Waals surface area contributed by atoms with Crippen LogP contribution >= 0.6 is 11.6 Å². The van der Waals surface area contributed by atoms with Crippen LogP contribution in [0.3, 0.4) is 0 Å². The van der Waals surface area contributed by atoms with Crippen LogP contribution in [-0.4, -0.2) is 51.2 Å². The number of aromatic nitrogens is 3. The lowest BCUT2D eigenvalue weighted by atomic mass is 10.2. The molecule has 0 N–H and O–H groups in total. The Morgan fingerprint density at radius 3 is 2.44 bits per heavy atom. The molecule has 1 atom stereocenters. The SMILES string of the molecule is Cc1cc(=O)nc2c3ccccc3n([C@@H](C)C(=O)N3CCN(c4ccc(Cl)cc4)CC3)n12. The van der Waals surface area contributed by atoms with E-state index in [0.29, 0.717) is 23.8 Å². The van der Waals surface area contributed by atoms with E-state index < -0.39 is 6.04 Å². The van der Waals surface area contributed by atoms with Crippen molar-refractivity contribution in [3.8, 4) is 0 Å². The number of aryl methyl sites for hydroxylation is 1. The molecule has 1 saturated heterocycles. The van der Waals surface area contributed by atoms with Crippen LogP contribution in [0.5, 0.6) is 0 Å². The molecule has 0 saturated carbocycles. The first kappa shape index (κ1) is 20.6. The monoisotopic (exact) mass is 449 g/mol. The summed E-state index contributed by atoms with van der Waals surface area (Å²) in [5, 5.41) is 1.58. The molecule has 0 spiro atoms. The Morgan fingerprint density at radius 1 is 1.03 bits per heavy atom.